The Kier molecular flexibility index (Phi) is 2.99. The fourth-order valence-corrected chi connectivity index (χ4v) is 2.45. The molecule has 0 spiro atoms. The van der Waals surface area contributed by atoms with Gasteiger partial charge in [-0.3, -0.25) is 0 Å². The molecule has 1 saturated heterocycles. The maximum absolute atomic E-state index is 9.04. The van der Waals surface area contributed by atoms with E-state index in [9.17, 15) is 0 Å². The van der Waals surface area contributed by atoms with Crippen molar-refractivity contribution in [3.63, 3.8) is 0 Å². The van der Waals surface area contributed by atoms with E-state index in [4.69, 9.17) is 10.00 Å². The van der Waals surface area contributed by atoms with Crippen LogP contribution in [0.1, 0.15) is 30.7 Å². The molecule has 4 nitrogen and oxygen atoms in total. The van der Waals surface area contributed by atoms with Crippen LogP contribution in [0.2, 0.25) is 0 Å². The summed E-state index contributed by atoms with van der Waals surface area (Å²) >= 11 is 0. The first-order valence-electron chi connectivity index (χ1n) is 6.36. The maximum Gasteiger partial charge on any atom is 0.109 e. The van der Waals surface area contributed by atoms with E-state index < -0.39 is 0 Å². The van der Waals surface area contributed by atoms with Gasteiger partial charge in [0.15, 0.2) is 0 Å². The highest BCUT2D eigenvalue weighted by Gasteiger charge is 2.16. The number of rotatable bonds is 2. The number of nitriles is 1. The lowest BCUT2D eigenvalue weighted by Crippen LogP contribution is -2.21. The van der Waals surface area contributed by atoms with Crippen molar-refractivity contribution in [3.8, 4) is 6.07 Å². The van der Waals surface area contributed by atoms with Gasteiger partial charge in [0.2, 0.25) is 0 Å². The highest BCUT2D eigenvalue weighted by Crippen LogP contribution is 2.20. The smallest absolute Gasteiger partial charge is 0.109 e. The summed E-state index contributed by atoms with van der Waals surface area (Å²) in [7, 11) is 0. The second-order valence-electron chi connectivity index (χ2n) is 4.69. The normalized spacial score (nSPS) is 19.8. The summed E-state index contributed by atoms with van der Waals surface area (Å²) in [5, 5.41) is 9.04. The molecule has 18 heavy (non-hydrogen) atoms. The fraction of sp³-hybridized carbons (Fsp3) is 0.429. The summed E-state index contributed by atoms with van der Waals surface area (Å²) in [6.07, 6.45) is 4.57. The van der Waals surface area contributed by atoms with Crippen molar-refractivity contribution in [2.75, 3.05) is 6.61 Å². The van der Waals surface area contributed by atoms with Crippen LogP contribution >= 0.6 is 0 Å². The van der Waals surface area contributed by atoms with Crippen LogP contribution < -0.4 is 0 Å². The first-order valence-corrected chi connectivity index (χ1v) is 6.36. The van der Waals surface area contributed by atoms with Gasteiger partial charge < -0.3 is 9.72 Å². The van der Waals surface area contributed by atoms with Gasteiger partial charge in [0.1, 0.15) is 17.4 Å². The topological polar surface area (TPSA) is 61.7 Å². The maximum atomic E-state index is 9.04. The van der Waals surface area contributed by atoms with E-state index in [-0.39, 0.29) is 6.10 Å². The molecule has 0 bridgehead atoms. The van der Waals surface area contributed by atoms with Gasteiger partial charge in [-0.1, -0.05) is 6.07 Å². The van der Waals surface area contributed by atoms with Crippen molar-refractivity contribution >= 4 is 11.0 Å². The van der Waals surface area contributed by atoms with Gasteiger partial charge in [0.05, 0.1) is 17.2 Å². The number of hydrogen-bond donors (Lipinski definition) is 1. The van der Waals surface area contributed by atoms with Crippen LogP contribution in [0, 0.1) is 11.3 Å². The number of aromatic amines is 1. The Hall–Kier alpha value is -1.86. The monoisotopic (exact) mass is 241 g/mol. The summed E-state index contributed by atoms with van der Waals surface area (Å²) in [4.78, 5) is 7.79. The summed E-state index contributed by atoms with van der Waals surface area (Å²) < 4.78 is 5.71. The minimum atomic E-state index is 0.268. The molecule has 1 aliphatic heterocycles. The zero-order valence-electron chi connectivity index (χ0n) is 10.1. The van der Waals surface area contributed by atoms with Crippen LogP contribution in [0.3, 0.4) is 0 Å². The lowest BCUT2D eigenvalue weighted by Gasteiger charge is -2.21. The third kappa shape index (κ3) is 2.09. The summed E-state index contributed by atoms with van der Waals surface area (Å²) in [5.74, 6) is 0.916. The van der Waals surface area contributed by atoms with Crippen LogP contribution in [-0.4, -0.2) is 22.7 Å². The van der Waals surface area contributed by atoms with Crippen molar-refractivity contribution in [1.29, 1.82) is 5.26 Å². The summed E-state index contributed by atoms with van der Waals surface area (Å²) in [6, 6.07) is 7.80. The SMILES string of the molecule is N#Cc1cccc2[nH]c(CC3CCCCO3)nc12. The summed E-state index contributed by atoms with van der Waals surface area (Å²) in [6.45, 7) is 0.855. The van der Waals surface area contributed by atoms with E-state index in [1.165, 1.54) is 6.42 Å². The van der Waals surface area contributed by atoms with E-state index in [2.05, 4.69) is 16.0 Å². The van der Waals surface area contributed by atoms with Gasteiger partial charge >= 0.3 is 0 Å². The molecule has 2 heterocycles. The third-order valence-electron chi connectivity index (χ3n) is 3.38. The van der Waals surface area contributed by atoms with Crippen molar-refractivity contribution in [2.24, 2.45) is 0 Å². The Morgan fingerprint density at radius 2 is 2.39 bits per heavy atom. The van der Waals surface area contributed by atoms with Gasteiger partial charge in [-0.05, 0) is 31.4 Å². The van der Waals surface area contributed by atoms with Crippen molar-refractivity contribution in [1.82, 2.24) is 9.97 Å². The Morgan fingerprint density at radius 3 is 3.17 bits per heavy atom. The Labute approximate surface area is 106 Å². The molecule has 1 aromatic carbocycles. The van der Waals surface area contributed by atoms with E-state index >= 15 is 0 Å². The Balaban J connectivity index is 1.87. The molecule has 0 radical (unpaired) electrons. The molecule has 0 amide bonds. The number of fused-ring (bicyclic) bond motifs is 1. The molecule has 1 aromatic heterocycles. The first-order chi connectivity index (χ1) is 8.86. The van der Waals surface area contributed by atoms with Gasteiger partial charge in [-0.25, -0.2) is 4.98 Å². The number of H-pyrrole nitrogens is 1. The average Bonchev–Trinajstić information content (AvgIpc) is 2.82. The lowest BCUT2D eigenvalue weighted by molar-refractivity contribution is 0.0158. The van der Waals surface area contributed by atoms with Crippen LogP contribution in [0.15, 0.2) is 18.2 Å². The van der Waals surface area contributed by atoms with Crippen LogP contribution in [-0.2, 0) is 11.2 Å². The van der Waals surface area contributed by atoms with Crippen LogP contribution in [0.25, 0.3) is 11.0 Å². The molecular weight excluding hydrogens is 226 g/mol. The van der Waals surface area contributed by atoms with Crippen molar-refractivity contribution in [2.45, 2.75) is 31.8 Å². The average molecular weight is 241 g/mol. The second-order valence-corrected chi connectivity index (χ2v) is 4.69. The number of benzene rings is 1. The molecule has 1 fully saturated rings. The second kappa shape index (κ2) is 4.79. The minimum Gasteiger partial charge on any atom is -0.378 e. The highest BCUT2D eigenvalue weighted by atomic mass is 16.5. The van der Waals surface area contributed by atoms with E-state index in [0.29, 0.717) is 5.56 Å². The minimum absolute atomic E-state index is 0.268. The third-order valence-corrected chi connectivity index (χ3v) is 3.38. The van der Waals surface area contributed by atoms with Gasteiger partial charge in [-0.15, -0.1) is 0 Å². The predicted molar refractivity (Wildman–Crippen MR) is 68.1 cm³/mol. The highest BCUT2D eigenvalue weighted by molar-refractivity contribution is 5.81. The van der Waals surface area contributed by atoms with Gasteiger partial charge in [0.25, 0.3) is 0 Å². The zero-order chi connectivity index (χ0) is 12.4. The predicted octanol–water partition coefficient (Wildman–Crippen LogP) is 2.55. The summed E-state index contributed by atoms with van der Waals surface area (Å²) in [5.41, 5.74) is 2.32. The number of para-hydroxylation sites is 1. The van der Waals surface area contributed by atoms with Crippen LogP contribution in [0.5, 0.6) is 0 Å². The van der Waals surface area contributed by atoms with E-state index in [1.807, 2.05) is 12.1 Å². The molecule has 1 N–H and O–H groups in total. The Morgan fingerprint density at radius 1 is 1.44 bits per heavy atom. The first kappa shape index (κ1) is 11.2. The quantitative estimate of drug-likeness (QED) is 0.878. The van der Waals surface area contributed by atoms with Crippen LogP contribution in [0.4, 0.5) is 0 Å². The lowest BCUT2D eigenvalue weighted by atomic mass is 10.1. The molecule has 3 rings (SSSR count). The molecule has 2 aromatic rings. The molecule has 0 aliphatic carbocycles. The molecule has 1 unspecified atom stereocenters. The van der Waals surface area contributed by atoms with E-state index in [0.717, 1.165) is 42.7 Å². The molecular formula is C14H15N3O. The molecule has 92 valence electrons. The fourth-order valence-electron chi connectivity index (χ4n) is 2.45. The van der Waals surface area contributed by atoms with Gasteiger partial charge in [-0.2, -0.15) is 5.26 Å². The number of nitrogens with zero attached hydrogens (tertiary/aromatic N) is 2. The largest absolute Gasteiger partial charge is 0.378 e. The molecule has 4 heteroatoms. The van der Waals surface area contributed by atoms with Gasteiger partial charge in [0, 0.05) is 13.0 Å². The Bertz CT molecular complexity index is 591. The zero-order valence-corrected chi connectivity index (χ0v) is 10.1. The molecule has 1 aliphatic rings. The standard InChI is InChI=1S/C14H15N3O/c15-9-10-4-3-6-12-14(10)17-13(16-12)8-11-5-1-2-7-18-11/h3-4,6,11H,1-2,5,7-8H2,(H,16,17). The van der Waals surface area contributed by atoms with Crippen molar-refractivity contribution in [3.05, 3.63) is 29.6 Å². The molecule has 0 saturated carbocycles. The van der Waals surface area contributed by atoms with Crippen molar-refractivity contribution < 1.29 is 4.74 Å². The number of nitrogens with one attached hydrogen (secondary N) is 1. The number of ether oxygens (including phenoxy) is 1. The number of hydrogen-bond acceptors (Lipinski definition) is 3. The number of imidazole rings is 1. The molecule has 1 atom stereocenters. The number of aromatic nitrogens is 2. The van der Waals surface area contributed by atoms with E-state index in [1.54, 1.807) is 6.07 Å².